The number of benzene rings is 1. The highest BCUT2D eigenvalue weighted by Crippen LogP contribution is 2.30. The molecule has 0 aliphatic heterocycles. The van der Waals surface area contributed by atoms with E-state index in [0.717, 1.165) is 10.9 Å². The summed E-state index contributed by atoms with van der Waals surface area (Å²) in [5.41, 5.74) is 6.04. The third-order valence-electron chi connectivity index (χ3n) is 2.85. The van der Waals surface area contributed by atoms with Crippen LogP contribution in [0.5, 0.6) is 0 Å². The second-order valence-corrected chi connectivity index (χ2v) is 6.34. The van der Waals surface area contributed by atoms with Gasteiger partial charge in [0.2, 0.25) is 0 Å². The van der Waals surface area contributed by atoms with Crippen molar-refractivity contribution in [3.05, 3.63) is 33.5 Å². The van der Waals surface area contributed by atoms with Crippen LogP contribution in [0.15, 0.2) is 27.2 Å². The molecule has 0 aliphatic carbocycles. The van der Waals surface area contributed by atoms with Crippen molar-refractivity contribution in [1.82, 2.24) is 10.1 Å². The van der Waals surface area contributed by atoms with Gasteiger partial charge in [-0.2, -0.15) is 4.98 Å². The van der Waals surface area contributed by atoms with Crippen LogP contribution in [0.4, 0.5) is 0 Å². The zero-order valence-corrected chi connectivity index (χ0v) is 14.2. The second kappa shape index (κ2) is 6.87. The first-order valence-corrected chi connectivity index (χ1v) is 7.77. The molecule has 0 spiro atoms. The lowest BCUT2D eigenvalue weighted by Crippen LogP contribution is -2.39. The Kier molecular flexibility index (Phi) is 5.37. The molecule has 0 saturated heterocycles. The van der Waals surface area contributed by atoms with Crippen LogP contribution in [-0.4, -0.2) is 23.4 Å². The minimum absolute atomic E-state index is 0.325. The summed E-state index contributed by atoms with van der Waals surface area (Å²) in [6.07, 6.45) is 0.932. The van der Waals surface area contributed by atoms with E-state index < -0.39 is 5.54 Å². The Bertz CT molecular complexity index is 616. The lowest BCUT2D eigenvalue weighted by atomic mass is 10.1. The predicted octanol–water partition coefficient (Wildman–Crippen LogP) is 3.75. The second-order valence-electron chi connectivity index (χ2n) is 5.02. The van der Waals surface area contributed by atoms with Gasteiger partial charge in [0.25, 0.3) is 5.89 Å². The molecule has 0 aliphatic rings. The van der Waals surface area contributed by atoms with Crippen LogP contribution in [0.2, 0.25) is 5.02 Å². The summed E-state index contributed by atoms with van der Waals surface area (Å²) in [6, 6.07) is 5.42. The molecule has 2 N–H and O–H groups in total. The Morgan fingerprint density at radius 1 is 1.48 bits per heavy atom. The standard InChI is InChI=1S/C14H17BrClN3O2/c1-3-6-20-8-14(2,17)13-18-12(21-19-13)10-7-9(15)4-5-11(10)16/h4-5,7H,3,6,8,17H2,1-2H3. The Balaban J connectivity index is 2.23. The molecule has 1 heterocycles. The molecule has 0 amide bonds. The predicted molar refractivity (Wildman–Crippen MR) is 85.1 cm³/mol. The third kappa shape index (κ3) is 4.03. The van der Waals surface area contributed by atoms with E-state index in [-0.39, 0.29) is 0 Å². The first-order valence-electron chi connectivity index (χ1n) is 6.60. The first kappa shape index (κ1) is 16.4. The van der Waals surface area contributed by atoms with Crippen molar-refractivity contribution in [3.8, 4) is 11.5 Å². The number of halogens is 2. The number of rotatable bonds is 6. The molecule has 0 bridgehead atoms. The summed E-state index contributed by atoms with van der Waals surface area (Å²) in [5.74, 6) is 0.730. The summed E-state index contributed by atoms with van der Waals surface area (Å²) in [7, 11) is 0. The zero-order valence-electron chi connectivity index (χ0n) is 11.9. The summed E-state index contributed by atoms with van der Waals surface area (Å²) in [5, 5.41) is 4.49. The van der Waals surface area contributed by atoms with Gasteiger partial charge < -0.3 is 15.0 Å². The van der Waals surface area contributed by atoms with Gasteiger partial charge in [0.1, 0.15) is 5.54 Å². The topological polar surface area (TPSA) is 74.2 Å². The van der Waals surface area contributed by atoms with Crippen molar-refractivity contribution in [2.75, 3.05) is 13.2 Å². The van der Waals surface area contributed by atoms with E-state index >= 15 is 0 Å². The van der Waals surface area contributed by atoms with E-state index in [1.165, 1.54) is 0 Å². The Labute approximate surface area is 136 Å². The fourth-order valence-corrected chi connectivity index (χ4v) is 2.28. The quantitative estimate of drug-likeness (QED) is 0.779. The summed E-state index contributed by atoms with van der Waals surface area (Å²) in [6.45, 7) is 4.82. The average Bonchev–Trinajstić information content (AvgIpc) is 2.92. The number of nitrogens with two attached hydrogens (primary N) is 1. The molecule has 7 heteroatoms. The van der Waals surface area contributed by atoms with Gasteiger partial charge in [-0.25, -0.2) is 0 Å². The molecular formula is C14H17BrClN3O2. The summed E-state index contributed by atoms with van der Waals surface area (Å²) in [4.78, 5) is 4.34. The molecule has 2 aromatic rings. The highest BCUT2D eigenvalue weighted by Gasteiger charge is 2.28. The number of hydrogen-bond acceptors (Lipinski definition) is 5. The molecule has 1 aromatic heterocycles. The summed E-state index contributed by atoms with van der Waals surface area (Å²) >= 11 is 9.54. The van der Waals surface area contributed by atoms with Gasteiger partial charge >= 0.3 is 0 Å². The number of hydrogen-bond donors (Lipinski definition) is 1. The molecule has 114 valence electrons. The fourth-order valence-electron chi connectivity index (χ4n) is 1.72. The smallest absolute Gasteiger partial charge is 0.259 e. The van der Waals surface area contributed by atoms with E-state index in [9.17, 15) is 0 Å². The largest absolute Gasteiger partial charge is 0.379 e. The lowest BCUT2D eigenvalue weighted by molar-refractivity contribution is 0.0867. The third-order valence-corrected chi connectivity index (χ3v) is 3.67. The van der Waals surface area contributed by atoms with Crippen LogP contribution >= 0.6 is 27.5 Å². The van der Waals surface area contributed by atoms with Crippen LogP contribution in [0, 0.1) is 0 Å². The van der Waals surface area contributed by atoms with Gasteiger partial charge in [0, 0.05) is 11.1 Å². The van der Waals surface area contributed by atoms with E-state index in [2.05, 4.69) is 26.1 Å². The maximum atomic E-state index is 6.19. The molecular weight excluding hydrogens is 358 g/mol. The Hall–Kier alpha value is -0.950. The maximum Gasteiger partial charge on any atom is 0.259 e. The van der Waals surface area contributed by atoms with Crippen molar-refractivity contribution >= 4 is 27.5 Å². The molecule has 2 rings (SSSR count). The highest BCUT2D eigenvalue weighted by molar-refractivity contribution is 9.10. The minimum atomic E-state index is -0.810. The lowest BCUT2D eigenvalue weighted by Gasteiger charge is -2.19. The SMILES string of the molecule is CCCOCC(C)(N)c1noc(-c2cc(Br)ccc2Cl)n1. The summed E-state index contributed by atoms with van der Waals surface area (Å²) < 4.78 is 11.6. The van der Waals surface area contributed by atoms with E-state index in [1.807, 2.05) is 19.1 Å². The average molecular weight is 375 g/mol. The van der Waals surface area contributed by atoms with Gasteiger partial charge in [-0.15, -0.1) is 0 Å². The molecule has 0 saturated carbocycles. The van der Waals surface area contributed by atoms with Crippen molar-refractivity contribution in [1.29, 1.82) is 0 Å². The van der Waals surface area contributed by atoms with Gasteiger partial charge in [-0.1, -0.05) is 39.6 Å². The fraction of sp³-hybridized carbons (Fsp3) is 0.429. The molecule has 5 nitrogen and oxygen atoms in total. The van der Waals surface area contributed by atoms with Crippen LogP contribution in [0.1, 0.15) is 26.1 Å². The Morgan fingerprint density at radius 3 is 2.95 bits per heavy atom. The number of aromatic nitrogens is 2. The van der Waals surface area contributed by atoms with E-state index in [1.54, 1.807) is 13.0 Å². The molecule has 0 radical (unpaired) electrons. The van der Waals surface area contributed by atoms with Gasteiger partial charge in [0.15, 0.2) is 5.82 Å². The van der Waals surface area contributed by atoms with Crippen molar-refractivity contribution in [2.24, 2.45) is 5.73 Å². The minimum Gasteiger partial charge on any atom is -0.379 e. The maximum absolute atomic E-state index is 6.19. The van der Waals surface area contributed by atoms with Crippen LogP contribution in [-0.2, 0) is 10.3 Å². The van der Waals surface area contributed by atoms with Crippen LogP contribution in [0.3, 0.4) is 0 Å². The highest BCUT2D eigenvalue weighted by atomic mass is 79.9. The van der Waals surface area contributed by atoms with E-state index in [0.29, 0.717) is 35.5 Å². The van der Waals surface area contributed by atoms with Crippen LogP contribution in [0.25, 0.3) is 11.5 Å². The van der Waals surface area contributed by atoms with Gasteiger partial charge in [0.05, 0.1) is 17.2 Å². The molecule has 0 fully saturated rings. The molecule has 1 aromatic carbocycles. The van der Waals surface area contributed by atoms with Crippen molar-refractivity contribution in [3.63, 3.8) is 0 Å². The Morgan fingerprint density at radius 2 is 2.24 bits per heavy atom. The molecule has 1 atom stereocenters. The van der Waals surface area contributed by atoms with Crippen LogP contribution < -0.4 is 5.73 Å². The molecule has 1 unspecified atom stereocenters. The van der Waals surface area contributed by atoms with Gasteiger partial charge in [-0.3, -0.25) is 0 Å². The number of ether oxygens (including phenoxy) is 1. The van der Waals surface area contributed by atoms with Crippen molar-refractivity contribution < 1.29 is 9.26 Å². The first-order chi connectivity index (χ1) is 9.94. The molecule has 21 heavy (non-hydrogen) atoms. The number of nitrogens with zero attached hydrogens (tertiary/aromatic N) is 2. The van der Waals surface area contributed by atoms with Crippen molar-refractivity contribution in [2.45, 2.75) is 25.8 Å². The monoisotopic (exact) mass is 373 g/mol. The van der Waals surface area contributed by atoms with E-state index in [4.69, 9.17) is 26.6 Å². The van der Waals surface area contributed by atoms with Gasteiger partial charge in [-0.05, 0) is 31.5 Å². The zero-order chi connectivity index (χ0) is 15.5. The normalized spacial score (nSPS) is 14.1.